The highest BCUT2D eigenvalue weighted by Crippen LogP contribution is 2.38. The fraction of sp³-hybridized carbons (Fsp3) is 0.400. The molecule has 1 aliphatic carbocycles. The van der Waals surface area contributed by atoms with Crippen molar-refractivity contribution in [3.8, 4) is 11.6 Å². The predicted octanol–water partition coefficient (Wildman–Crippen LogP) is 4.51. The van der Waals surface area contributed by atoms with E-state index in [0.29, 0.717) is 25.0 Å². The maximum absolute atomic E-state index is 13.5. The molecule has 1 amide bonds. The molecule has 0 atom stereocenters. The Balaban J connectivity index is 1.23. The molecular formula is C30H35N5O5. The van der Waals surface area contributed by atoms with Crippen LogP contribution in [0.25, 0.3) is 0 Å². The molecule has 0 unspecified atom stereocenters. The van der Waals surface area contributed by atoms with Crippen LogP contribution < -0.4 is 25.4 Å². The van der Waals surface area contributed by atoms with Gasteiger partial charge in [-0.1, -0.05) is 24.3 Å². The highest BCUT2D eigenvalue weighted by molar-refractivity contribution is 6.10. The molecule has 10 nitrogen and oxygen atoms in total. The molecule has 0 bridgehead atoms. The molecule has 0 spiro atoms. The third-order valence-electron chi connectivity index (χ3n) is 7.73. The number of benzene rings is 2. The van der Waals surface area contributed by atoms with Crippen LogP contribution >= 0.6 is 0 Å². The smallest absolute Gasteiger partial charge is 0.303 e. The molecule has 4 N–H and O–H groups in total. The summed E-state index contributed by atoms with van der Waals surface area (Å²) in [5.41, 5.74) is 9.49. The third-order valence-corrected chi connectivity index (χ3v) is 7.73. The molecule has 1 aliphatic heterocycles. The number of nitrogens with zero attached hydrogens (tertiary/aromatic N) is 3. The largest absolute Gasteiger partial charge is 0.497 e. The lowest BCUT2D eigenvalue weighted by atomic mass is 9.77. The third kappa shape index (κ3) is 6.27. The summed E-state index contributed by atoms with van der Waals surface area (Å²) in [7, 11) is 1.64. The number of hydrogen-bond acceptors (Lipinski definition) is 8. The number of carbonyl (C=O) groups is 2. The summed E-state index contributed by atoms with van der Waals surface area (Å²) < 4.78 is 11.1. The van der Waals surface area contributed by atoms with Gasteiger partial charge in [0.1, 0.15) is 23.7 Å². The van der Waals surface area contributed by atoms with Crippen LogP contribution in [0.1, 0.15) is 59.5 Å². The minimum absolute atomic E-state index is 0.0699. The topological polar surface area (TPSA) is 140 Å². The molecule has 2 heterocycles. The average molecular weight is 546 g/mol. The van der Waals surface area contributed by atoms with E-state index in [9.17, 15) is 9.59 Å². The molecule has 2 aromatic carbocycles. The van der Waals surface area contributed by atoms with E-state index in [1.165, 1.54) is 5.56 Å². The number of carboxylic acid groups (broad SMARTS) is 1. The molecule has 0 saturated heterocycles. The monoisotopic (exact) mass is 545 g/mol. The molecule has 2 aliphatic rings. The first-order valence-electron chi connectivity index (χ1n) is 13.7. The Labute approximate surface area is 233 Å². The zero-order valence-electron chi connectivity index (χ0n) is 22.6. The zero-order valence-corrected chi connectivity index (χ0v) is 22.6. The first kappa shape index (κ1) is 27.2. The standard InChI is InChI=1S/C30H35N5O5/c1-39-24-4-2-3-19(17-24)13-14-32-30-33-27(31)26-28(34-30)40-16-15-35(29(26)38)23-11-9-22(10-12-23)21-7-5-20(6-8-21)18-25(36)37/h2-4,9-12,17,20-21H,5-8,13-16,18H2,1H3,(H,36,37)(H3,31,32,33,34). The van der Waals surface area contributed by atoms with Crippen LogP contribution in [0.3, 0.4) is 0 Å². The summed E-state index contributed by atoms with van der Waals surface area (Å²) in [4.78, 5) is 35.0. The van der Waals surface area contributed by atoms with E-state index in [4.69, 9.17) is 20.3 Å². The molecule has 210 valence electrons. The molecule has 1 saturated carbocycles. The molecule has 1 aromatic heterocycles. The average Bonchev–Trinajstić information content (AvgIpc) is 3.12. The molecule has 0 radical (unpaired) electrons. The number of amides is 1. The highest BCUT2D eigenvalue weighted by Gasteiger charge is 2.30. The molecule has 1 fully saturated rings. The second-order valence-electron chi connectivity index (χ2n) is 10.4. The second-order valence-corrected chi connectivity index (χ2v) is 10.4. The van der Waals surface area contributed by atoms with Gasteiger partial charge in [-0.25, -0.2) is 0 Å². The fourth-order valence-corrected chi connectivity index (χ4v) is 5.58. The number of anilines is 3. The van der Waals surface area contributed by atoms with Gasteiger partial charge in [0.2, 0.25) is 11.8 Å². The summed E-state index contributed by atoms with van der Waals surface area (Å²) >= 11 is 0. The van der Waals surface area contributed by atoms with Crippen LogP contribution in [0.5, 0.6) is 11.6 Å². The number of fused-ring (bicyclic) bond motifs is 1. The van der Waals surface area contributed by atoms with Crippen LogP contribution in [0.4, 0.5) is 17.5 Å². The fourth-order valence-electron chi connectivity index (χ4n) is 5.58. The number of aromatic nitrogens is 2. The van der Waals surface area contributed by atoms with Gasteiger partial charge >= 0.3 is 5.97 Å². The van der Waals surface area contributed by atoms with Gasteiger partial charge in [0.05, 0.1) is 13.7 Å². The quantitative estimate of drug-likeness (QED) is 0.354. The van der Waals surface area contributed by atoms with Gasteiger partial charge < -0.3 is 30.5 Å². The van der Waals surface area contributed by atoms with Crippen molar-refractivity contribution in [3.63, 3.8) is 0 Å². The van der Waals surface area contributed by atoms with Crippen LogP contribution in [-0.2, 0) is 11.2 Å². The van der Waals surface area contributed by atoms with Crippen molar-refractivity contribution >= 4 is 29.3 Å². The first-order valence-corrected chi connectivity index (χ1v) is 13.7. The zero-order chi connectivity index (χ0) is 28.1. The van der Waals surface area contributed by atoms with Gasteiger partial charge in [-0.15, -0.1) is 0 Å². The molecule has 5 rings (SSSR count). The van der Waals surface area contributed by atoms with Crippen LogP contribution in [0.2, 0.25) is 0 Å². The normalized spacial score (nSPS) is 18.8. The minimum atomic E-state index is -0.719. The molecule has 10 heteroatoms. The number of rotatable bonds is 9. The number of nitrogens with two attached hydrogens (primary N) is 1. The maximum Gasteiger partial charge on any atom is 0.303 e. The van der Waals surface area contributed by atoms with E-state index >= 15 is 0 Å². The Morgan fingerprint density at radius 2 is 1.93 bits per heavy atom. The Bertz CT molecular complexity index is 1360. The lowest BCUT2D eigenvalue weighted by Gasteiger charge is -2.28. The van der Waals surface area contributed by atoms with E-state index in [-0.39, 0.29) is 42.1 Å². The van der Waals surface area contributed by atoms with E-state index in [0.717, 1.165) is 49.1 Å². The Morgan fingerprint density at radius 3 is 2.65 bits per heavy atom. The number of aliphatic carboxylic acids is 1. The second kappa shape index (κ2) is 12.2. The minimum Gasteiger partial charge on any atom is -0.497 e. The van der Waals surface area contributed by atoms with Crippen molar-refractivity contribution in [2.75, 3.05) is 42.8 Å². The lowest BCUT2D eigenvalue weighted by molar-refractivity contribution is -0.138. The maximum atomic E-state index is 13.5. The number of hydrogen-bond donors (Lipinski definition) is 3. The summed E-state index contributed by atoms with van der Waals surface area (Å²) in [5.74, 6) is 1.01. The Morgan fingerprint density at radius 1 is 1.15 bits per heavy atom. The van der Waals surface area contributed by atoms with Gasteiger partial charge in [-0.3, -0.25) is 9.59 Å². The number of ether oxygens (including phenoxy) is 2. The lowest BCUT2D eigenvalue weighted by Crippen LogP contribution is -2.32. The van der Waals surface area contributed by atoms with E-state index < -0.39 is 5.97 Å². The summed E-state index contributed by atoms with van der Waals surface area (Å²) in [6.07, 6.45) is 4.78. The number of methoxy groups -OCH3 is 1. The van der Waals surface area contributed by atoms with Crippen molar-refractivity contribution < 1.29 is 24.2 Å². The van der Waals surface area contributed by atoms with Crippen molar-refractivity contribution in [2.45, 2.75) is 44.4 Å². The molecule has 40 heavy (non-hydrogen) atoms. The van der Waals surface area contributed by atoms with Crippen LogP contribution in [-0.4, -0.2) is 53.8 Å². The van der Waals surface area contributed by atoms with Gasteiger partial charge in [-0.05, 0) is 79.3 Å². The first-order chi connectivity index (χ1) is 19.4. The van der Waals surface area contributed by atoms with Crippen molar-refractivity contribution in [3.05, 3.63) is 65.2 Å². The molecule has 3 aromatic rings. The highest BCUT2D eigenvalue weighted by atomic mass is 16.5. The number of carbonyl (C=O) groups excluding carboxylic acids is 1. The number of carboxylic acids is 1. The van der Waals surface area contributed by atoms with Crippen LogP contribution in [0, 0.1) is 5.92 Å². The van der Waals surface area contributed by atoms with E-state index in [1.807, 2.05) is 36.4 Å². The Kier molecular flexibility index (Phi) is 8.33. The summed E-state index contributed by atoms with van der Waals surface area (Å²) in [5, 5.41) is 12.2. The van der Waals surface area contributed by atoms with E-state index in [2.05, 4.69) is 27.4 Å². The molecular weight excluding hydrogens is 510 g/mol. The van der Waals surface area contributed by atoms with Crippen LogP contribution in [0.15, 0.2) is 48.5 Å². The summed E-state index contributed by atoms with van der Waals surface area (Å²) in [6, 6.07) is 15.9. The number of nitrogens with one attached hydrogen (secondary N) is 1. The van der Waals surface area contributed by atoms with Gasteiger partial charge in [0.25, 0.3) is 5.91 Å². The van der Waals surface area contributed by atoms with Gasteiger partial charge in [-0.2, -0.15) is 9.97 Å². The van der Waals surface area contributed by atoms with Crippen molar-refractivity contribution in [1.29, 1.82) is 0 Å². The van der Waals surface area contributed by atoms with Gasteiger partial charge in [0, 0.05) is 18.7 Å². The predicted molar refractivity (Wildman–Crippen MR) is 152 cm³/mol. The van der Waals surface area contributed by atoms with Crippen molar-refractivity contribution in [2.24, 2.45) is 5.92 Å². The Hall–Kier alpha value is -4.34. The van der Waals surface area contributed by atoms with Crippen molar-refractivity contribution in [1.82, 2.24) is 9.97 Å². The van der Waals surface area contributed by atoms with Gasteiger partial charge in [0.15, 0.2) is 0 Å². The summed E-state index contributed by atoms with van der Waals surface area (Å²) in [6.45, 7) is 1.19. The van der Waals surface area contributed by atoms with E-state index in [1.54, 1.807) is 12.0 Å². The number of nitrogen functional groups attached to an aromatic ring is 1. The SMILES string of the molecule is COc1cccc(CCNc2nc(N)c3c(n2)OCCN(c2ccc(C4CCC(CC(=O)O)CC4)cc2)C3=O)c1.